The largest absolute Gasteiger partial charge is 0.344 e. The second-order valence-corrected chi connectivity index (χ2v) is 7.54. The number of fused-ring (bicyclic) bond motifs is 1. The Kier molecular flexibility index (Phi) is 3.12. The van der Waals surface area contributed by atoms with Crippen molar-refractivity contribution < 1.29 is 0 Å². The molecule has 0 aliphatic heterocycles. The first-order valence-corrected chi connectivity index (χ1v) is 7.76. The van der Waals surface area contributed by atoms with Gasteiger partial charge in [0, 0.05) is 18.4 Å². The Hall–Kier alpha value is -1.76. The molecule has 0 spiro atoms. The Bertz CT molecular complexity index is 653. The predicted molar refractivity (Wildman–Crippen MR) is 91.6 cm³/mol. The van der Waals surface area contributed by atoms with E-state index in [2.05, 4.69) is 88.2 Å². The van der Waals surface area contributed by atoms with E-state index in [4.69, 9.17) is 0 Å². The smallest absolute Gasteiger partial charge is 0.0449 e. The molecule has 0 radical (unpaired) electrons. The summed E-state index contributed by atoms with van der Waals surface area (Å²) in [6, 6.07) is 17.4. The maximum absolute atomic E-state index is 2.38. The van der Waals surface area contributed by atoms with Crippen molar-refractivity contribution in [3.63, 3.8) is 0 Å². The molecule has 2 aromatic carbocycles. The van der Waals surface area contributed by atoms with E-state index < -0.39 is 0 Å². The minimum absolute atomic E-state index is 0.221. The van der Waals surface area contributed by atoms with Crippen molar-refractivity contribution in [3.05, 3.63) is 59.7 Å². The van der Waals surface area contributed by atoms with Crippen molar-refractivity contribution in [3.8, 4) is 0 Å². The highest BCUT2D eigenvalue weighted by molar-refractivity contribution is 5.70. The summed E-state index contributed by atoms with van der Waals surface area (Å²) in [5.74, 6) is 0. The van der Waals surface area contributed by atoms with Gasteiger partial charge in [0.1, 0.15) is 0 Å². The van der Waals surface area contributed by atoms with Crippen molar-refractivity contribution in [1.29, 1.82) is 0 Å². The zero-order valence-electron chi connectivity index (χ0n) is 13.8. The monoisotopic (exact) mass is 279 g/mol. The Labute approximate surface area is 128 Å². The molecule has 1 nitrogen and oxygen atoms in total. The van der Waals surface area contributed by atoms with Crippen LogP contribution in [0.15, 0.2) is 48.5 Å². The molecule has 0 atom stereocenters. The fraction of sp³-hybridized carbons (Fsp3) is 0.400. The van der Waals surface area contributed by atoms with Crippen LogP contribution in [-0.4, -0.2) is 7.05 Å². The lowest BCUT2D eigenvalue weighted by molar-refractivity contribution is 0.403. The number of benzene rings is 2. The molecule has 0 saturated carbocycles. The lowest BCUT2D eigenvalue weighted by atomic mass is 9.81. The van der Waals surface area contributed by atoms with Crippen molar-refractivity contribution in [2.24, 2.45) is 0 Å². The summed E-state index contributed by atoms with van der Waals surface area (Å²) in [5, 5.41) is 0. The van der Waals surface area contributed by atoms with E-state index in [9.17, 15) is 0 Å². The zero-order valence-corrected chi connectivity index (χ0v) is 13.8. The van der Waals surface area contributed by atoms with Gasteiger partial charge in [-0.3, -0.25) is 0 Å². The van der Waals surface area contributed by atoms with Crippen molar-refractivity contribution in [1.82, 2.24) is 0 Å². The van der Waals surface area contributed by atoms with Gasteiger partial charge in [-0.25, -0.2) is 0 Å². The van der Waals surface area contributed by atoms with E-state index in [0.717, 1.165) is 0 Å². The van der Waals surface area contributed by atoms with E-state index in [0.29, 0.717) is 0 Å². The fourth-order valence-corrected chi connectivity index (χ4v) is 4.17. The highest BCUT2D eigenvalue weighted by Gasteiger charge is 2.43. The Balaban J connectivity index is 2.17. The first-order valence-electron chi connectivity index (χ1n) is 7.76. The number of hydrogen-bond donors (Lipinski definition) is 0. The second-order valence-electron chi connectivity index (χ2n) is 7.54. The van der Waals surface area contributed by atoms with Crippen LogP contribution in [0.5, 0.6) is 0 Å². The molecule has 1 aliphatic carbocycles. The van der Waals surface area contributed by atoms with E-state index in [1.54, 1.807) is 0 Å². The third-order valence-electron chi connectivity index (χ3n) is 4.84. The molecule has 1 heteroatoms. The predicted octanol–water partition coefficient (Wildman–Crippen LogP) is 5.41. The molecule has 0 aromatic heterocycles. The van der Waals surface area contributed by atoms with Crippen LogP contribution >= 0.6 is 0 Å². The molecule has 1 aliphatic rings. The second kappa shape index (κ2) is 4.62. The van der Waals surface area contributed by atoms with Crippen molar-refractivity contribution in [2.45, 2.75) is 44.9 Å². The van der Waals surface area contributed by atoms with Gasteiger partial charge in [0.25, 0.3) is 0 Å². The van der Waals surface area contributed by atoms with Gasteiger partial charge in [0.15, 0.2) is 0 Å². The van der Waals surface area contributed by atoms with Crippen LogP contribution in [0.25, 0.3) is 0 Å². The molecule has 110 valence electrons. The number of anilines is 2. The molecule has 2 aromatic rings. The maximum Gasteiger partial charge on any atom is 0.0449 e. The normalized spacial score (nSPS) is 18.3. The first kappa shape index (κ1) is 14.2. The van der Waals surface area contributed by atoms with E-state index in [1.807, 2.05) is 0 Å². The first-order chi connectivity index (χ1) is 9.83. The number of rotatable bonds is 2. The summed E-state index contributed by atoms with van der Waals surface area (Å²) in [6.45, 7) is 9.49. The van der Waals surface area contributed by atoms with Gasteiger partial charge >= 0.3 is 0 Å². The van der Waals surface area contributed by atoms with Crippen molar-refractivity contribution in [2.75, 3.05) is 11.9 Å². The Morgan fingerprint density at radius 3 is 2.14 bits per heavy atom. The quantitative estimate of drug-likeness (QED) is 0.710. The van der Waals surface area contributed by atoms with Gasteiger partial charge in [-0.15, -0.1) is 0 Å². The molecule has 3 rings (SSSR count). The van der Waals surface area contributed by atoms with E-state index in [1.165, 1.54) is 28.9 Å². The van der Waals surface area contributed by atoms with E-state index >= 15 is 0 Å². The maximum atomic E-state index is 2.38. The average molecular weight is 279 g/mol. The molecular formula is C20H25N. The van der Waals surface area contributed by atoms with E-state index in [-0.39, 0.29) is 10.8 Å². The highest BCUT2D eigenvalue weighted by atomic mass is 15.1. The van der Waals surface area contributed by atoms with Gasteiger partial charge in [-0.1, -0.05) is 58.0 Å². The molecule has 0 unspecified atom stereocenters. The molecule has 0 heterocycles. The Morgan fingerprint density at radius 2 is 1.48 bits per heavy atom. The third kappa shape index (κ3) is 2.25. The number of hydrogen-bond acceptors (Lipinski definition) is 1. The van der Waals surface area contributed by atoms with Gasteiger partial charge in [0.05, 0.1) is 0 Å². The van der Waals surface area contributed by atoms with Crippen LogP contribution in [0.2, 0.25) is 0 Å². The molecule has 0 amide bonds. The van der Waals surface area contributed by atoms with Gasteiger partial charge in [-0.2, -0.15) is 0 Å². The average Bonchev–Trinajstić information content (AvgIpc) is 2.64. The molecule has 0 bridgehead atoms. The minimum Gasteiger partial charge on any atom is -0.344 e. The molecule has 0 fully saturated rings. The van der Waals surface area contributed by atoms with Crippen LogP contribution in [0.3, 0.4) is 0 Å². The minimum atomic E-state index is 0.221. The summed E-state index contributed by atoms with van der Waals surface area (Å²) < 4.78 is 0. The number of nitrogens with zero attached hydrogens (tertiary/aromatic N) is 1. The SMILES string of the molecule is CN(c1ccccc1)c1cccc2c1C(C)(C)CC2(C)C. The van der Waals surface area contributed by atoms with Crippen LogP contribution in [0.4, 0.5) is 11.4 Å². The third-order valence-corrected chi connectivity index (χ3v) is 4.84. The number of para-hydroxylation sites is 1. The van der Waals surface area contributed by atoms with Crippen LogP contribution in [0, 0.1) is 0 Å². The molecular weight excluding hydrogens is 254 g/mol. The van der Waals surface area contributed by atoms with Gasteiger partial charge in [-0.05, 0) is 46.6 Å². The van der Waals surface area contributed by atoms with Gasteiger partial charge < -0.3 is 4.90 Å². The van der Waals surface area contributed by atoms with Gasteiger partial charge in [0.2, 0.25) is 0 Å². The highest BCUT2D eigenvalue weighted by Crippen LogP contribution is 2.53. The topological polar surface area (TPSA) is 3.24 Å². The molecule has 21 heavy (non-hydrogen) atoms. The standard InChI is InChI=1S/C20H25N/c1-19(2)14-20(3,4)18-16(19)12-9-13-17(18)21(5)15-10-7-6-8-11-15/h6-13H,14H2,1-5H3. The van der Waals surface area contributed by atoms with Crippen molar-refractivity contribution >= 4 is 11.4 Å². The molecule has 0 saturated heterocycles. The van der Waals surface area contributed by atoms with Crippen LogP contribution in [0.1, 0.15) is 45.2 Å². The summed E-state index contributed by atoms with van der Waals surface area (Å²) in [6.07, 6.45) is 1.20. The summed E-state index contributed by atoms with van der Waals surface area (Å²) in [5.41, 5.74) is 6.08. The fourth-order valence-electron chi connectivity index (χ4n) is 4.17. The summed E-state index contributed by atoms with van der Waals surface area (Å²) >= 11 is 0. The summed E-state index contributed by atoms with van der Waals surface area (Å²) in [4.78, 5) is 2.32. The van der Waals surface area contributed by atoms with Crippen LogP contribution < -0.4 is 4.90 Å². The lowest BCUT2D eigenvalue weighted by Crippen LogP contribution is -2.20. The lowest BCUT2D eigenvalue weighted by Gasteiger charge is -2.28. The van der Waals surface area contributed by atoms with Crippen LogP contribution in [-0.2, 0) is 10.8 Å². The summed E-state index contributed by atoms with van der Waals surface area (Å²) in [7, 11) is 2.17. The Morgan fingerprint density at radius 1 is 0.810 bits per heavy atom. The molecule has 0 N–H and O–H groups in total. The zero-order chi connectivity index (χ0) is 15.3.